The van der Waals surface area contributed by atoms with Gasteiger partial charge in [-0.15, -0.1) is 0 Å². The molecule has 0 aliphatic carbocycles. The number of aryl methyl sites for hydroxylation is 2. The van der Waals surface area contributed by atoms with Crippen molar-refractivity contribution in [1.82, 2.24) is 9.97 Å². The van der Waals surface area contributed by atoms with E-state index < -0.39 is 0 Å². The molecule has 0 aliphatic rings. The van der Waals surface area contributed by atoms with Crippen LogP contribution in [0.15, 0.2) is 23.4 Å². The maximum Gasteiger partial charge on any atom is 0.212 e. The lowest BCUT2D eigenvalue weighted by atomic mass is 10.1. The number of halogens is 1. The Bertz CT molecular complexity index is 860. The Morgan fingerprint density at radius 2 is 2.24 bits per heavy atom. The number of benzene rings is 1. The molecule has 21 heavy (non-hydrogen) atoms. The van der Waals surface area contributed by atoms with Gasteiger partial charge < -0.3 is 9.71 Å². The number of rotatable bonds is 3. The van der Waals surface area contributed by atoms with Crippen molar-refractivity contribution in [2.24, 2.45) is 0 Å². The van der Waals surface area contributed by atoms with Crippen molar-refractivity contribution in [3.8, 4) is 6.07 Å². The van der Waals surface area contributed by atoms with Gasteiger partial charge in [-0.05, 0) is 25.5 Å². The number of nitriles is 1. The Labute approximate surface area is 129 Å². The molecule has 106 valence electrons. The Balaban J connectivity index is 1.95. The number of aromatic amines is 1. The Kier molecular flexibility index (Phi) is 3.57. The van der Waals surface area contributed by atoms with Crippen LogP contribution in [-0.2, 0) is 0 Å². The normalized spacial score (nSPS) is 10.8. The molecule has 0 unspecified atom stereocenters. The van der Waals surface area contributed by atoms with E-state index in [2.05, 4.69) is 20.8 Å². The van der Waals surface area contributed by atoms with Gasteiger partial charge in [-0.3, -0.25) is 0 Å². The molecule has 4 nitrogen and oxygen atoms in total. The van der Waals surface area contributed by atoms with Gasteiger partial charge in [-0.2, -0.15) is 9.65 Å². The van der Waals surface area contributed by atoms with Crippen LogP contribution in [0.1, 0.15) is 16.1 Å². The molecule has 2 N–H and O–H groups in total. The third kappa shape index (κ3) is 2.48. The molecule has 7 heteroatoms. The average molecular weight is 318 g/mol. The Hall–Kier alpha value is -2.04. The first-order chi connectivity index (χ1) is 10.1. The predicted molar refractivity (Wildman–Crippen MR) is 84.0 cm³/mol. The van der Waals surface area contributed by atoms with Gasteiger partial charge >= 0.3 is 0 Å². The second-order valence-corrected chi connectivity index (χ2v) is 6.46. The lowest BCUT2D eigenvalue weighted by Gasteiger charge is -2.07. The van der Waals surface area contributed by atoms with E-state index in [0.717, 1.165) is 45.4 Å². The number of hydrogen-bond donors (Lipinski definition) is 2. The highest BCUT2D eigenvalue weighted by Gasteiger charge is 2.13. The van der Waals surface area contributed by atoms with Crippen LogP contribution < -0.4 is 4.72 Å². The van der Waals surface area contributed by atoms with Gasteiger partial charge in [-0.1, -0.05) is 17.4 Å². The number of anilines is 1. The molecule has 3 aromatic rings. The molecule has 0 atom stereocenters. The SMILES string of the molecule is Cc1nc(SNc2ccc(C)c3c(C#N)c[nH]c23)c(F)s1. The summed E-state index contributed by atoms with van der Waals surface area (Å²) in [7, 11) is 0. The van der Waals surface area contributed by atoms with Crippen LogP contribution in [0, 0.1) is 30.3 Å². The molecule has 2 heterocycles. The molecular weight excluding hydrogens is 307 g/mol. The van der Waals surface area contributed by atoms with Gasteiger partial charge in [0, 0.05) is 23.5 Å². The highest BCUT2D eigenvalue weighted by Crippen LogP contribution is 2.32. The topological polar surface area (TPSA) is 64.5 Å². The van der Waals surface area contributed by atoms with Gasteiger partial charge in [0.25, 0.3) is 0 Å². The van der Waals surface area contributed by atoms with Crippen LogP contribution in [0.2, 0.25) is 0 Å². The first-order valence-corrected chi connectivity index (χ1v) is 7.80. The Morgan fingerprint density at radius 1 is 1.43 bits per heavy atom. The minimum Gasteiger partial charge on any atom is -0.358 e. The predicted octanol–water partition coefficient (Wildman–Crippen LogP) is 4.37. The second-order valence-electron chi connectivity index (χ2n) is 4.51. The molecule has 0 fully saturated rings. The summed E-state index contributed by atoms with van der Waals surface area (Å²) in [6, 6.07) is 6.00. The third-order valence-electron chi connectivity index (χ3n) is 3.09. The van der Waals surface area contributed by atoms with Crippen LogP contribution in [-0.4, -0.2) is 9.97 Å². The summed E-state index contributed by atoms with van der Waals surface area (Å²) < 4.78 is 16.7. The standard InChI is InChI=1S/C14H11FN4S2/c1-7-3-4-10(12-11(7)9(5-16)6-17-12)19-21-14-13(15)20-8(2)18-14/h3-4,6,17,19H,1-2H3. The number of aromatic nitrogens is 2. The fraction of sp³-hybridized carbons (Fsp3) is 0.143. The fourth-order valence-electron chi connectivity index (χ4n) is 2.14. The monoisotopic (exact) mass is 318 g/mol. The molecule has 0 saturated carbocycles. The van der Waals surface area contributed by atoms with Crippen molar-refractivity contribution in [2.75, 3.05) is 4.72 Å². The maximum absolute atomic E-state index is 13.6. The molecule has 0 aliphatic heterocycles. The van der Waals surface area contributed by atoms with Crippen molar-refractivity contribution < 1.29 is 4.39 Å². The molecule has 0 radical (unpaired) electrons. The summed E-state index contributed by atoms with van der Waals surface area (Å²) in [5.74, 6) is 0. The van der Waals surface area contributed by atoms with E-state index in [-0.39, 0.29) is 5.13 Å². The van der Waals surface area contributed by atoms with Crippen molar-refractivity contribution >= 4 is 39.9 Å². The van der Waals surface area contributed by atoms with Crippen molar-refractivity contribution in [3.63, 3.8) is 0 Å². The zero-order valence-electron chi connectivity index (χ0n) is 11.3. The molecular formula is C14H11FN4S2. The fourth-order valence-corrected chi connectivity index (χ4v) is 3.62. The van der Waals surface area contributed by atoms with Gasteiger partial charge in [0.1, 0.15) is 6.07 Å². The van der Waals surface area contributed by atoms with Crippen LogP contribution in [0.25, 0.3) is 10.9 Å². The van der Waals surface area contributed by atoms with Gasteiger partial charge in [0.15, 0.2) is 5.03 Å². The minimum atomic E-state index is -0.294. The number of nitrogens with one attached hydrogen (secondary N) is 2. The number of fused-ring (bicyclic) bond motifs is 1. The first kappa shape index (κ1) is 13.9. The van der Waals surface area contributed by atoms with Crippen molar-refractivity contribution in [3.05, 3.63) is 39.6 Å². The van der Waals surface area contributed by atoms with Gasteiger partial charge in [0.2, 0.25) is 5.13 Å². The van der Waals surface area contributed by atoms with E-state index in [1.54, 1.807) is 13.1 Å². The molecule has 1 aromatic carbocycles. The zero-order chi connectivity index (χ0) is 15.0. The summed E-state index contributed by atoms with van der Waals surface area (Å²) in [6.45, 7) is 3.73. The van der Waals surface area contributed by atoms with Gasteiger partial charge in [-0.25, -0.2) is 4.98 Å². The largest absolute Gasteiger partial charge is 0.358 e. The first-order valence-electron chi connectivity index (χ1n) is 6.16. The number of H-pyrrole nitrogens is 1. The van der Waals surface area contributed by atoms with Crippen LogP contribution in [0.5, 0.6) is 0 Å². The second kappa shape index (κ2) is 5.39. The highest BCUT2D eigenvalue weighted by atomic mass is 32.2. The Morgan fingerprint density at radius 3 is 2.90 bits per heavy atom. The summed E-state index contributed by atoms with van der Waals surface area (Å²) >= 11 is 2.16. The van der Waals surface area contributed by atoms with Crippen LogP contribution in [0.4, 0.5) is 10.1 Å². The lowest BCUT2D eigenvalue weighted by molar-refractivity contribution is 0.624. The third-order valence-corrected chi connectivity index (χ3v) is 4.76. The summed E-state index contributed by atoms with van der Waals surface area (Å²) in [5, 5.41) is 10.8. The molecule has 0 spiro atoms. The van der Waals surface area contributed by atoms with Crippen molar-refractivity contribution in [2.45, 2.75) is 18.9 Å². The van der Waals surface area contributed by atoms with E-state index in [0.29, 0.717) is 15.6 Å². The number of nitrogens with zero attached hydrogens (tertiary/aromatic N) is 2. The minimum absolute atomic E-state index is 0.294. The number of hydrogen-bond acceptors (Lipinski definition) is 5. The molecule has 0 amide bonds. The molecule has 3 rings (SSSR count). The van der Waals surface area contributed by atoms with Crippen molar-refractivity contribution in [1.29, 1.82) is 5.26 Å². The average Bonchev–Trinajstić information content (AvgIpc) is 3.02. The molecule has 0 bridgehead atoms. The highest BCUT2D eigenvalue weighted by molar-refractivity contribution is 8.00. The number of thiazole rings is 1. The summed E-state index contributed by atoms with van der Waals surface area (Å²) in [6.07, 6.45) is 1.68. The smallest absolute Gasteiger partial charge is 0.212 e. The zero-order valence-corrected chi connectivity index (χ0v) is 13.0. The summed E-state index contributed by atoms with van der Waals surface area (Å²) in [4.78, 5) is 7.22. The van der Waals surface area contributed by atoms with E-state index >= 15 is 0 Å². The molecule has 0 saturated heterocycles. The van der Waals surface area contributed by atoms with E-state index in [4.69, 9.17) is 5.26 Å². The van der Waals surface area contributed by atoms with Gasteiger partial charge in [0.05, 0.1) is 21.8 Å². The van der Waals surface area contributed by atoms with Crippen LogP contribution >= 0.6 is 23.3 Å². The lowest BCUT2D eigenvalue weighted by Crippen LogP contribution is -1.91. The molecule has 2 aromatic heterocycles. The maximum atomic E-state index is 13.6. The van der Waals surface area contributed by atoms with E-state index in [1.165, 1.54) is 0 Å². The summed E-state index contributed by atoms with van der Waals surface area (Å²) in [5.41, 5.74) is 3.26. The quantitative estimate of drug-likeness (QED) is 0.704. The van der Waals surface area contributed by atoms with E-state index in [1.807, 2.05) is 19.1 Å². The van der Waals surface area contributed by atoms with Crippen LogP contribution in [0.3, 0.4) is 0 Å². The van der Waals surface area contributed by atoms with E-state index in [9.17, 15) is 4.39 Å².